The number of nitrogens with one attached hydrogen (secondary N) is 1. The van der Waals surface area contributed by atoms with Gasteiger partial charge in [-0.25, -0.2) is 18.7 Å². The zero-order valence-corrected chi connectivity index (χ0v) is 17.1. The molecule has 1 aliphatic rings. The predicted octanol–water partition coefficient (Wildman–Crippen LogP) is 3.26. The molecule has 0 bridgehead atoms. The van der Waals surface area contributed by atoms with Gasteiger partial charge in [0.05, 0.1) is 45.7 Å². The molecule has 0 saturated heterocycles. The van der Waals surface area contributed by atoms with Gasteiger partial charge in [0.25, 0.3) is 5.91 Å². The molecule has 4 heterocycles. The van der Waals surface area contributed by atoms with Crippen LogP contribution in [0.3, 0.4) is 0 Å². The molecule has 7 nitrogen and oxygen atoms in total. The topological polar surface area (TPSA) is 101 Å². The minimum absolute atomic E-state index is 0.192. The van der Waals surface area contributed by atoms with E-state index in [1.165, 1.54) is 41.9 Å². The van der Waals surface area contributed by atoms with Gasteiger partial charge in [0.2, 0.25) is 0 Å². The van der Waals surface area contributed by atoms with Crippen LogP contribution >= 0.6 is 11.3 Å². The lowest BCUT2D eigenvalue weighted by Gasteiger charge is -2.27. The van der Waals surface area contributed by atoms with E-state index in [9.17, 15) is 13.6 Å². The molecule has 1 aromatic carbocycles. The average molecular weight is 440 g/mol. The van der Waals surface area contributed by atoms with Crippen LogP contribution < -0.4 is 5.73 Å². The molecule has 0 unspecified atom stereocenters. The van der Waals surface area contributed by atoms with Crippen LogP contribution in [0, 0.1) is 11.6 Å². The van der Waals surface area contributed by atoms with Gasteiger partial charge < -0.3 is 15.6 Å². The van der Waals surface area contributed by atoms with Crippen LogP contribution in [0.4, 0.5) is 8.78 Å². The number of rotatable bonds is 2. The lowest BCUT2D eigenvalue weighted by molar-refractivity contribution is -0.126. The second-order valence-electron chi connectivity index (χ2n) is 6.68. The Morgan fingerprint density at radius 1 is 1.23 bits per heavy atom. The second-order valence-corrected chi connectivity index (χ2v) is 7.57. The summed E-state index contributed by atoms with van der Waals surface area (Å²) in [6.45, 7) is 0.976. The van der Waals surface area contributed by atoms with Crippen molar-refractivity contribution in [2.75, 3.05) is 6.54 Å². The molecule has 0 aliphatic carbocycles. The largest absolute Gasteiger partial charge is 0.404 e. The van der Waals surface area contributed by atoms with Gasteiger partial charge in [0, 0.05) is 31.4 Å². The molecule has 0 saturated carbocycles. The van der Waals surface area contributed by atoms with Gasteiger partial charge in [-0.3, -0.25) is 9.78 Å². The van der Waals surface area contributed by atoms with Crippen LogP contribution in [-0.2, 0) is 17.8 Å². The molecule has 1 aliphatic heterocycles. The van der Waals surface area contributed by atoms with E-state index in [-0.39, 0.29) is 23.0 Å². The van der Waals surface area contributed by atoms with E-state index in [0.29, 0.717) is 25.0 Å². The van der Waals surface area contributed by atoms with Gasteiger partial charge in [-0.05, 0) is 18.2 Å². The number of nitrogens with two attached hydrogens (primary N) is 1. The normalized spacial score (nSPS) is 13.5. The van der Waals surface area contributed by atoms with Crippen molar-refractivity contribution in [3.8, 4) is 0 Å². The third kappa shape index (κ3) is 4.43. The number of carbonyl (C=O) groups is 1. The highest BCUT2D eigenvalue weighted by Gasteiger charge is 2.25. The number of pyridine rings is 1. The maximum Gasteiger partial charge on any atom is 0.257 e. The first kappa shape index (κ1) is 20.6. The van der Waals surface area contributed by atoms with Crippen LogP contribution in [0.1, 0.15) is 17.1 Å². The highest BCUT2D eigenvalue weighted by atomic mass is 32.1. The summed E-state index contributed by atoms with van der Waals surface area (Å²) in [6, 6.07) is 7.38. The van der Waals surface area contributed by atoms with E-state index in [2.05, 4.69) is 19.9 Å². The highest BCUT2D eigenvalue weighted by molar-refractivity contribution is 7.16. The van der Waals surface area contributed by atoms with E-state index in [4.69, 9.17) is 5.73 Å². The van der Waals surface area contributed by atoms with Gasteiger partial charge in [-0.15, -0.1) is 11.3 Å². The van der Waals surface area contributed by atoms with Gasteiger partial charge >= 0.3 is 0 Å². The van der Waals surface area contributed by atoms with Crippen molar-refractivity contribution in [2.45, 2.75) is 13.0 Å². The summed E-state index contributed by atoms with van der Waals surface area (Å²) in [5.74, 6) is -0.962. The number of aromatic nitrogens is 4. The number of para-hydroxylation sites is 1. The number of hydrogen-bond acceptors (Lipinski definition) is 6. The summed E-state index contributed by atoms with van der Waals surface area (Å²) in [5.41, 5.74) is 9.99. The molecule has 0 spiro atoms. The summed E-state index contributed by atoms with van der Waals surface area (Å²) in [4.78, 5) is 29.3. The molecule has 4 aromatic rings. The van der Waals surface area contributed by atoms with E-state index < -0.39 is 5.82 Å². The van der Waals surface area contributed by atoms with Crippen molar-refractivity contribution in [1.29, 1.82) is 0 Å². The van der Waals surface area contributed by atoms with Crippen LogP contribution in [0.15, 0.2) is 54.6 Å². The van der Waals surface area contributed by atoms with Gasteiger partial charge in [0.1, 0.15) is 17.2 Å². The SMILES string of the molecule is Fc1cccc2scnc12.N/C=C(/C(=O)N1CCc2nc[nH]c2C1)c1cc(F)ccn1. The Balaban J connectivity index is 0.000000192. The Morgan fingerprint density at radius 3 is 2.87 bits per heavy atom. The first-order chi connectivity index (χ1) is 15.1. The number of hydrogen-bond donors (Lipinski definition) is 2. The quantitative estimate of drug-likeness (QED) is 0.466. The second kappa shape index (κ2) is 9.00. The summed E-state index contributed by atoms with van der Waals surface area (Å²) in [6.07, 6.45) is 4.78. The van der Waals surface area contributed by atoms with Gasteiger partial charge in [-0.1, -0.05) is 6.07 Å². The van der Waals surface area contributed by atoms with Crippen molar-refractivity contribution in [3.63, 3.8) is 0 Å². The smallest absolute Gasteiger partial charge is 0.257 e. The van der Waals surface area contributed by atoms with Crippen molar-refractivity contribution in [1.82, 2.24) is 24.8 Å². The Hall–Kier alpha value is -3.66. The van der Waals surface area contributed by atoms with Crippen LogP contribution in [-0.4, -0.2) is 37.3 Å². The lowest BCUT2D eigenvalue weighted by Crippen LogP contribution is -2.36. The molecule has 0 fully saturated rings. The van der Waals surface area contributed by atoms with Crippen LogP contribution in [0.25, 0.3) is 15.8 Å². The number of H-pyrrole nitrogens is 1. The van der Waals surface area contributed by atoms with Gasteiger partial charge in [-0.2, -0.15) is 0 Å². The third-order valence-corrected chi connectivity index (χ3v) is 5.56. The summed E-state index contributed by atoms with van der Waals surface area (Å²) >= 11 is 1.45. The summed E-state index contributed by atoms with van der Waals surface area (Å²) in [5, 5.41) is 0. The number of imidazole rings is 1. The predicted molar refractivity (Wildman–Crippen MR) is 114 cm³/mol. The maximum absolute atomic E-state index is 13.3. The van der Waals surface area contributed by atoms with Crippen LogP contribution in [0.5, 0.6) is 0 Å². The minimum Gasteiger partial charge on any atom is -0.404 e. The minimum atomic E-state index is -0.457. The molecule has 3 aromatic heterocycles. The highest BCUT2D eigenvalue weighted by Crippen LogP contribution is 2.21. The monoisotopic (exact) mass is 440 g/mol. The molecular formula is C21H18F2N6OS. The molecule has 1 amide bonds. The number of benzene rings is 1. The zero-order valence-electron chi connectivity index (χ0n) is 16.3. The number of fused-ring (bicyclic) bond motifs is 2. The maximum atomic E-state index is 13.3. The van der Waals surface area contributed by atoms with Crippen molar-refractivity contribution in [3.05, 3.63) is 83.3 Å². The molecular weight excluding hydrogens is 422 g/mol. The number of halogens is 2. The van der Waals surface area contributed by atoms with Crippen molar-refractivity contribution >= 4 is 33.0 Å². The van der Waals surface area contributed by atoms with E-state index >= 15 is 0 Å². The molecule has 3 N–H and O–H groups in total. The van der Waals surface area contributed by atoms with E-state index in [1.807, 2.05) is 6.07 Å². The number of aromatic amines is 1. The number of thiazole rings is 1. The molecule has 5 rings (SSSR count). The molecule has 0 radical (unpaired) electrons. The fourth-order valence-corrected chi connectivity index (χ4v) is 3.92. The number of amides is 1. The summed E-state index contributed by atoms with van der Waals surface area (Å²) < 4.78 is 26.9. The Morgan fingerprint density at radius 2 is 2.10 bits per heavy atom. The Kier molecular flexibility index (Phi) is 5.99. The fraction of sp³-hybridized carbons (Fsp3) is 0.143. The third-order valence-electron chi connectivity index (χ3n) is 4.77. The van der Waals surface area contributed by atoms with E-state index in [1.54, 1.807) is 22.8 Å². The number of carbonyl (C=O) groups excluding carboxylic acids is 1. The fourth-order valence-electron chi connectivity index (χ4n) is 3.23. The van der Waals surface area contributed by atoms with Crippen LogP contribution in [0.2, 0.25) is 0 Å². The molecule has 0 atom stereocenters. The van der Waals surface area contributed by atoms with Crippen molar-refractivity contribution < 1.29 is 13.6 Å². The lowest BCUT2D eigenvalue weighted by atomic mass is 10.1. The van der Waals surface area contributed by atoms with Crippen molar-refractivity contribution in [2.24, 2.45) is 5.73 Å². The zero-order chi connectivity index (χ0) is 21.8. The Labute approximate surface area is 180 Å². The van der Waals surface area contributed by atoms with E-state index in [0.717, 1.165) is 16.1 Å². The molecule has 10 heteroatoms. The Bertz CT molecular complexity index is 1250. The average Bonchev–Trinajstić information content (AvgIpc) is 3.44. The molecule has 31 heavy (non-hydrogen) atoms. The molecule has 158 valence electrons. The first-order valence-corrected chi connectivity index (χ1v) is 10.3. The summed E-state index contributed by atoms with van der Waals surface area (Å²) in [7, 11) is 0. The van der Waals surface area contributed by atoms with Gasteiger partial charge in [0.15, 0.2) is 0 Å². The standard InChI is InChI=1S/C14H14FN5O.C7H4FNS/c15-9-1-3-17-12(5-9)10(6-16)14(21)20-4-2-11-13(7-20)19-8-18-11;8-5-2-1-3-6-7(5)9-4-10-6/h1,3,5-6,8H,2,4,7,16H2,(H,18,19);1-4H/b10-6+;. The first-order valence-electron chi connectivity index (χ1n) is 9.38. The number of nitrogens with zero attached hydrogens (tertiary/aromatic N) is 4.